The molecule has 0 spiro atoms. The summed E-state index contributed by atoms with van der Waals surface area (Å²) in [6.45, 7) is 10.00. The quantitative estimate of drug-likeness (QED) is 0.306. The number of carbonyl (C=O) groups excluding carboxylic acids is 2. The second kappa shape index (κ2) is 9.15. The number of aliphatic hydroxyl groups excluding tert-OH is 1. The highest BCUT2D eigenvalue weighted by atomic mass is 32.1. The molecule has 0 radical (unpaired) electrons. The van der Waals surface area contributed by atoms with Crippen molar-refractivity contribution in [3.8, 4) is 5.75 Å². The van der Waals surface area contributed by atoms with Crippen LogP contribution in [0.25, 0.3) is 10.2 Å². The molecule has 1 aliphatic heterocycles. The van der Waals surface area contributed by atoms with Gasteiger partial charge >= 0.3 is 0 Å². The fraction of sp³-hybridized carbons (Fsp3) is 0.259. The van der Waals surface area contributed by atoms with Crippen LogP contribution in [0.1, 0.15) is 50.0 Å². The molecule has 0 saturated carbocycles. The van der Waals surface area contributed by atoms with Gasteiger partial charge in [-0.05, 0) is 69.5 Å². The average Bonchev–Trinajstić information content (AvgIpc) is 3.48. The van der Waals surface area contributed by atoms with Gasteiger partial charge in [-0.25, -0.2) is 9.97 Å². The molecule has 4 aromatic rings. The second-order valence-electron chi connectivity index (χ2n) is 8.74. The maximum absolute atomic E-state index is 13.8. The van der Waals surface area contributed by atoms with E-state index in [9.17, 15) is 14.7 Å². The first-order valence-corrected chi connectivity index (χ1v) is 13.2. The summed E-state index contributed by atoms with van der Waals surface area (Å²) in [7, 11) is 0. The number of hydrogen-bond acceptors (Lipinski definition) is 8. The van der Waals surface area contributed by atoms with E-state index < -0.39 is 23.5 Å². The van der Waals surface area contributed by atoms with E-state index in [1.807, 2.05) is 52.0 Å². The minimum atomic E-state index is -0.843. The van der Waals surface area contributed by atoms with Crippen LogP contribution >= 0.6 is 22.7 Å². The van der Waals surface area contributed by atoms with E-state index in [0.29, 0.717) is 33.6 Å². The van der Waals surface area contributed by atoms with Gasteiger partial charge in [0.05, 0.1) is 44.0 Å². The number of carbonyl (C=O) groups is 2. The number of ether oxygens (including phenoxy) is 1. The van der Waals surface area contributed by atoms with Crippen molar-refractivity contribution in [1.82, 2.24) is 9.97 Å². The summed E-state index contributed by atoms with van der Waals surface area (Å²) in [5, 5.41) is 12.2. The predicted octanol–water partition coefficient (Wildman–Crippen LogP) is 6.17. The number of aromatic nitrogens is 2. The molecule has 36 heavy (non-hydrogen) atoms. The SMILES string of the molecule is CCOc1ccc(C2C(C(=O)c3sc(C)nc3C)=C(O)C(=O)N2c2nc3c(C)cc(C)cc3s2)cc1. The number of ketones is 1. The fourth-order valence-corrected chi connectivity index (χ4v) is 6.63. The van der Waals surface area contributed by atoms with Gasteiger partial charge in [-0.15, -0.1) is 11.3 Å². The summed E-state index contributed by atoms with van der Waals surface area (Å²) in [6.07, 6.45) is 0. The summed E-state index contributed by atoms with van der Waals surface area (Å²) in [4.78, 5) is 38.3. The van der Waals surface area contributed by atoms with E-state index in [1.54, 1.807) is 19.1 Å². The van der Waals surface area contributed by atoms with Crippen LogP contribution in [0.4, 0.5) is 5.13 Å². The molecule has 1 atom stereocenters. The van der Waals surface area contributed by atoms with Crippen molar-refractivity contribution in [2.75, 3.05) is 11.5 Å². The van der Waals surface area contributed by atoms with Crippen molar-refractivity contribution in [3.63, 3.8) is 0 Å². The van der Waals surface area contributed by atoms with Crippen LogP contribution in [-0.2, 0) is 4.79 Å². The van der Waals surface area contributed by atoms with Gasteiger partial charge in [0.2, 0.25) is 5.78 Å². The number of amides is 1. The normalized spacial score (nSPS) is 15.9. The van der Waals surface area contributed by atoms with Crippen molar-refractivity contribution in [3.05, 3.63) is 80.0 Å². The van der Waals surface area contributed by atoms with E-state index in [0.717, 1.165) is 26.4 Å². The van der Waals surface area contributed by atoms with Gasteiger partial charge in [-0.2, -0.15) is 0 Å². The fourth-order valence-electron chi connectivity index (χ4n) is 4.59. The molecule has 1 aliphatic rings. The van der Waals surface area contributed by atoms with Gasteiger partial charge in [0.15, 0.2) is 10.9 Å². The van der Waals surface area contributed by atoms with Crippen LogP contribution in [0.5, 0.6) is 5.75 Å². The average molecular weight is 520 g/mol. The third-order valence-electron chi connectivity index (χ3n) is 6.09. The standard InChI is InChI=1S/C27H25N3O4S2/c1-6-34-18-9-7-17(8-10-18)22-20(23(31)25-15(4)28-16(5)35-25)24(32)26(33)30(22)27-29-21-14(3)11-13(2)12-19(21)36-27/h7-12,22,32H,6H2,1-5H3. The van der Waals surface area contributed by atoms with Gasteiger partial charge in [0.25, 0.3) is 5.91 Å². The Balaban J connectivity index is 1.68. The van der Waals surface area contributed by atoms with Crippen LogP contribution in [0.2, 0.25) is 0 Å². The lowest BCUT2D eigenvalue weighted by atomic mass is 9.95. The summed E-state index contributed by atoms with van der Waals surface area (Å²) in [5.74, 6) is -0.933. The van der Waals surface area contributed by atoms with Crippen LogP contribution in [-0.4, -0.2) is 33.4 Å². The minimum absolute atomic E-state index is 0.0306. The largest absolute Gasteiger partial charge is 0.503 e. The molecule has 9 heteroatoms. The summed E-state index contributed by atoms with van der Waals surface area (Å²) in [5.41, 5.74) is 4.17. The van der Waals surface area contributed by atoms with E-state index in [-0.39, 0.29) is 5.57 Å². The molecule has 3 heterocycles. The predicted molar refractivity (Wildman–Crippen MR) is 143 cm³/mol. The Bertz CT molecular complexity index is 1550. The maximum Gasteiger partial charge on any atom is 0.296 e. The molecular weight excluding hydrogens is 494 g/mol. The molecular formula is C27H25N3O4S2. The number of aliphatic hydroxyl groups is 1. The Morgan fingerprint density at radius 2 is 1.81 bits per heavy atom. The number of aryl methyl sites for hydroxylation is 4. The maximum atomic E-state index is 13.8. The molecule has 7 nitrogen and oxygen atoms in total. The first-order chi connectivity index (χ1) is 17.2. The third-order valence-corrected chi connectivity index (χ3v) is 8.17. The topological polar surface area (TPSA) is 92.6 Å². The van der Waals surface area contributed by atoms with E-state index in [2.05, 4.69) is 4.98 Å². The monoisotopic (exact) mass is 519 g/mol. The molecule has 5 rings (SSSR count). The molecule has 2 aromatic carbocycles. The van der Waals surface area contributed by atoms with Gasteiger partial charge in [0.1, 0.15) is 5.75 Å². The van der Waals surface area contributed by atoms with Crippen molar-refractivity contribution in [2.24, 2.45) is 0 Å². The number of rotatable bonds is 6. The molecule has 0 aliphatic carbocycles. The third kappa shape index (κ3) is 3.98. The van der Waals surface area contributed by atoms with E-state index in [4.69, 9.17) is 9.72 Å². The Hall–Kier alpha value is -3.56. The summed E-state index contributed by atoms with van der Waals surface area (Å²) >= 11 is 2.62. The van der Waals surface area contributed by atoms with Crippen LogP contribution < -0.4 is 9.64 Å². The molecule has 0 fully saturated rings. The molecule has 184 valence electrons. The number of nitrogens with zero attached hydrogens (tertiary/aromatic N) is 3. The Morgan fingerprint density at radius 1 is 1.08 bits per heavy atom. The second-order valence-corrected chi connectivity index (χ2v) is 11.0. The van der Waals surface area contributed by atoms with Crippen molar-refractivity contribution in [2.45, 2.75) is 40.7 Å². The van der Waals surface area contributed by atoms with Crippen molar-refractivity contribution < 1.29 is 19.4 Å². The molecule has 2 aromatic heterocycles. The highest BCUT2D eigenvalue weighted by Gasteiger charge is 2.46. The lowest BCUT2D eigenvalue weighted by Crippen LogP contribution is -2.31. The first-order valence-electron chi connectivity index (χ1n) is 11.6. The lowest BCUT2D eigenvalue weighted by molar-refractivity contribution is -0.117. The van der Waals surface area contributed by atoms with Crippen LogP contribution in [0.15, 0.2) is 47.7 Å². The minimum Gasteiger partial charge on any atom is -0.503 e. The number of hydrogen-bond donors (Lipinski definition) is 1. The highest BCUT2D eigenvalue weighted by Crippen LogP contribution is 2.45. The van der Waals surface area contributed by atoms with Gasteiger partial charge < -0.3 is 9.84 Å². The number of fused-ring (bicyclic) bond motifs is 1. The van der Waals surface area contributed by atoms with Gasteiger partial charge in [-0.3, -0.25) is 14.5 Å². The first kappa shape index (κ1) is 24.1. The molecule has 1 unspecified atom stereocenters. The summed E-state index contributed by atoms with van der Waals surface area (Å²) < 4.78 is 6.52. The van der Waals surface area contributed by atoms with Crippen LogP contribution in [0, 0.1) is 27.7 Å². The van der Waals surface area contributed by atoms with Crippen LogP contribution in [0.3, 0.4) is 0 Å². The number of anilines is 1. The Labute approximate surface area is 216 Å². The van der Waals surface area contributed by atoms with E-state index >= 15 is 0 Å². The zero-order chi connectivity index (χ0) is 25.7. The zero-order valence-electron chi connectivity index (χ0n) is 20.6. The smallest absolute Gasteiger partial charge is 0.296 e. The van der Waals surface area contributed by atoms with Crippen molar-refractivity contribution >= 4 is 49.7 Å². The number of thiazole rings is 2. The number of Topliss-reactive ketones (excluding diaryl/α,β-unsaturated/α-hetero) is 1. The molecule has 0 bridgehead atoms. The molecule has 0 saturated heterocycles. The molecule has 1 amide bonds. The Morgan fingerprint density at radius 3 is 2.44 bits per heavy atom. The highest BCUT2D eigenvalue weighted by molar-refractivity contribution is 7.22. The van der Waals surface area contributed by atoms with Gasteiger partial charge in [-0.1, -0.05) is 29.5 Å². The lowest BCUT2D eigenvalue weighted by Gasteiger charge is -2.24. The number of benzene rings is 2. The zero-order valence-corrected chi connectivity index (χ0v) is 22.2. The summed E-state index contributed by atoms with van der Waals surface area (Å²) in [6, 6.07) is 10.5. The van der Waals surface area contributed by atoms with E-state index in [1.165, 1.54) is 27.6 Å². The van der Waals surface area contributed by atoms with Crippen molar-refractivity contribution in [1.29, 1.82) is 0 Å². The Kier molecular flexibility index (Phi) is 6.13. The van der Waals surface area contributed by atoms with Gasteiger partial charge in [0, 0.05) is 0 Å². The molecule has 1 N–H and O–H groups in total.